The van der Waals surface area contributed by atoms with Crippen LogP contribution in [0.1, 0.15) is 11.1 Å². The lowest BCUT2D eigenvalue weighted by atomic mass is 10.1. The second-order valence-corrected chi connectivity index (χ2v) is 7.47. The van der Waals surface area contributed by atoms with E-state index < -0.39 is 10.8 Å². The normalized spacial score (nSPS) is 10.7. The summed E-state index contributed by atoms with van der Waals surface area (Å²) in [6.45, 7) is 0.0579. The Labute approximate surface area is 206 Å². The maximum absolute atomic E-state index is 12.9. The number of anilines is 1. The largest absolute Gasteiger partial charge is 0.495 e. The van der Waals surface area contributed by atoms with Gasteiger partial charge in [-0.3, -0.25) is 14.9 Å². The smallest absolute Gasteiger partial charge is 0.269 e. The van der Waals surface area contributed by atoms with Gasteiger partial charge in [0.05, 0.1) is 29.9 Å². The summed E-state index contributed by atoms with van der Waals surface area (Å²) in [7, 11) is 2.86. The van der Waals surface area contributed by atoms with E-state index in [0.717, 1.165) is 0 Å². The lowest BCUT2D eigenvalue weighted by Crippen LogP contribution is -2.14. The number of nitriles is 1. The highest BCUT2D eigenvalue weighted by Gasteiger charge is 2.16. The van der Waals surface area contributed by atoms with Gasteiger partial charge in [-0.1, -0.05) is 41.9 Å². The molecule has 0 aliphatic heterocycles. The molecule has 178 valence electrons. The van der Waals surface area contributed by atoms with Crippen molar-refractivity contribution in [2.75, 3.05) is 19.5 Å². The first-order valence-electron chi connectivity index (χ1n) is 10.2. The minimum atomic E-state index is -0.677. The molecule has 0 aliphatic rings. The molecule has 0 saturated heterocycles. The zero-order valence-corrected chi connectivity index (χ0v) is 19.5. The molecular weight excluding hydrogens is 474 g/mol. The topological polar surface area (TPSA) is 124 Å². The summed E-state index contributed by atoms with van der Waals surface area (Å²) in [5.41, 5.74) is 1.12. The number of carbonyl (C=O) groups is 1. The van der Waals surface area contributed by atoms with E-state index in [9.17, 15) is 20.2 Å². The van der Waals surface area contributed by atoms with Gasteiger partial charge in [0.1, 0.15) is 35.5 Å². The number of hydrogen-bond donors (Lipinski definition) is 1. The number of nitrogens with one attached hydrogen (secondary N) is 1. The third-order valence-electron chi connectivity index (χ3n) is 4.82. The molecule has 3 rings (SSSR count). The van der Waals surface area contributed by atoms with Crippen LogP contribution in [0.15, 0.2) is 66.2 Å². The number of benzene rings is 3. The average molecular weight is 494 g/mol. The predicted octanol–water partition coefficient (Wildman–Crippen LogP) is 5.39. The van der Waals surface area contributed by atoms with Gasteiger partial charge in [-0.25, -0.2) is 0 Å². The summed E-state index contributed by atoms with van der Waals surface area (Å²) in [6.07, 6.45) is 1.39. The number of halogens is 1. The number of nitrogens with zero attached hydrogens (tertiary/aromatic N) is 2. The first-order valence-corrected chi connectivity index (χ1v) is 10.5. The van der Waals surface area contributed by atoms with E-state index in [1.165, 1.54) is 44.6 Å². The molecule has 9 nitrogen and oxygen atoms in total. The number of nitro groups is 1. The van der Waals surface area contributed by atoms with Crippen LogP contribution in [-0.4, -0.2) is 25.1 Å². The van der Waals surface area contributed by atoms with Crippen molar-refractivity contribution in [3.63, 3.8) is 0 Å². The van der Waals surface area contributed by atoms with Crippen LogP contribution in [0.3, 0.4) is 0 Å². The Morgan fingerprint density at radius 1 is 1.09 bits per heavy atom. The van der Waals surface area contributed by atoms with Crippen molar-refractivity contribution in [3.8, 4) is 23.3 Å². The van der Waals surface area contributed by atoms with E-state index in [1.807, 2.05) is 6.07 Å². The van der Waals surface area contributed by atoms with Crippen molar-refractivity contribution in [3.05, 3.63) is 92.5 Å². The molecule has 0 spiro atoms. The molecule has 0 bridgehead atoms. The Kier molecular flexibility index (Phi) is 8.27. The first kappa shape index (κ1) is 25.1. The van der Waals surface area contributed by atoms with Crippen LogP contribution in [0.25, 0.3) is 6.08 Å². The molecule has 0 unspecified atom stereocenters. The van der Waals surface area contributed by atoms with Gasteiger partial charge in [0.15, 0.2) is 0 Å². The van der Waals surface area contributed by atoms with Gasteiger partial charge < -0.3 is 19.5 Å². The molecule has 1 amide bonds. The van der Waals surface area contributed by atoms with Crippen LogP contribution < -0.4 is 19.5 Å². The van der Waals surface area contributed by atoms with Crippen molar-refractivity contribution in [2.45, 2.75) is 6.61 Å². The highest BCUT2D eigenvalue weighted by Crippen LogP contribution is 2.36. The Morgan fingerprint density at radius 3 is 2.51 bits per heavy atom. The summed E-state index contributed by atoms with van der Waals surface area (Å²) in [4.78, 5) is 23.4. The summed E-state index contributed by atoms with van der Waals surface area (Å²) >= 11 is 6.10. The highest BCUT2D eigenvalue weighted by atomic mass is 35.5. The molecule has 0 fully saturated rings. The second kappa shape index (κ2) is 11.5. The number of amides is 1. The van der Waals surface area contributed by atoms with Crippen LogP contribution in [0.4, 0.5) is 11.4 Å². The quantitative estimate of drug-likeness (QED) is 0.183. The molecule has 0 atom stereocenters. The number of ether oxygens (including phenoxy) is 3. The Morgan fingerprint density at radius 2 is 1.83 bits per heavy atom. The zero-order valence-electron chi connectivity index (χ0n) is 18.8. The summed E-state index contributed by atoms with van der Waals surface area (Å²) in [5, 5.41) is 23.5. The molecule has 0 aliphatic carbocycles. The Hall–Kier alpha value is -4.55. The van der Waals surface area contributed by atoms with Crippen LogP contribution in [0, 0.1) is 21.4 Å². The van der Waals surface area contributed by atoms with E-state index >= 15 is 0 Å². The van der Waals surface area contributed by atoms with Crippen molar-refractivity contribution < 1.29 is 23.9 Å². The van der Waals surface area contributed by atoms with Gasteiger partial charge >= 0.3 is 0 Å². The molecule has 10 heteroatoms. The van der Waals surface area contributed by atoms with Crippen LogP contribution in [0.2, 0.25) is 5.02 Å². The van der Waals surface area contributed by atoms with E-state index in [1.54, 1.807) is 36.4 Å². The van der Waals surface area contributed by atoms with Gasteiger partial charge in [0.25, 0.3) is 11.6 Å². The second-order valence-electron chi connectivity index (χ2n) is 7.06. The van der Waals surface area contributed by atoms with E-state index in [2.05, 4.69) is 5.32 Å². The van der Waals surface area contributed by atoms with Crippen LogP contribution in [0.5, 0.6) is 17.2 Å². The minimum Gasteiger partial charge on any atom is -0.495 e. The molecule has 0 saturated carbocycles. The molecule has 0 heterocycles. The monoisotopic (exact) mass is 493 g/mol. The molecule has 0 radical (unpaired) electrons. The Bertz CT molecular complexity index is 1330. The molecular formula is C25H20ClN3O6. The number of rotatable bonds is 9. The standard InChI is InChI=1S/C25H20ClN3O6/c1-33-23-13-21(24(34-2)12-20(23)26)28-25(30)18(14-27)11-17-7-3-4-9-22(17)35-15-16-6-5-8-19(10-16)29(31)32/h3-13H,15H2,1-2H3,(H,28,30)/b18-11+. The number of methoxy groups -OCH3 is 2. The van der Waals surface area contributed by atoms with Crippen molar-refractivity contribution >= 4 is 35.0 Å². The van der Waals surface area contributed by atoms with Crippen LogP contribution >= 0.6 is 11.6 Å². The van der Waals surface area contributed by atoms with E-state index in [-0.39, 0.29) is 23.6 Å². The van der Waals surface area contributed by atoms with Gasteiger partial charge in [-0.15, -0.1) is 0 Å². The fourth-order valence-corrected chi connectivity index (χ4v) is 3.33. The van der Waals surface area contributed by atoms with Gasteiger partial charge in [0, 0.05) is 29.8 Å². The highest BCUT2D eigenvalue weighted by molar-refractivity contribution is 6.32. The maximum Gasteiger partial charge on any atom is 0.269 e. The SMILES string of the molecule is COc1cc(NC(=O)/C(C#N)=C/c2ccccc2OCc2cccc([N+](=O)[O-])c2)c(OC)cc1Cl. The Balaban J connectivity index is 1.83. The summed E-state index contributed by atoms with van der Waals surface area (Å²) in [6, 6.07) is 17.8. The number of hydrogen-bond acceptors (Lipinski definition) is 7. The number of non-ortho nitro benzene ring substituents is 1. The maximum atomic E-state index is 12.9. The van der Waals surface area contributed by atoms with E-state index in [0.29, 0.717) is 33.4 Å². The van der Waals surface area contributed by atoms with Crippen molar-refractivity contribution in [2.24, 2.45) is 0 Å². The minimum absolute atomic E-state index is 0.0445. The van der Waals surface area contributed by atoms with Gasteiger partial charge in [-0.2, -0.15) is 5.26 Å². The van der Waals surface area contributed by atoms with Crippen molar-refractivity contribution in [1.29, 1.82) is 5.26 Å². The summed E-state index contributed by atoms with van der Waals surface area (Å²) in [5.74, 6) is 0.334. The molecule has 35 heavy (non-hydrogen) atoms. The first-order chi connectivity index (χ1) is 16.9. The molecule has 3 aromatic carbocycles. The number of carbonyl (C=O) groups excluding carboxylic acids is 1. The average Bonchev–Trinajstić information content (AvgIpc) is 2.87. The number of nitro benzene ring substituents is 1. The number of para-hydroxylation sites is 1. The molecule has 1 N–H and O–H groups in total. The van der Waals surface area contributed by atoms with Crippen LogP contribution in [-0.2, 0) is 11.4 Å². The van der Waals surface area contributed by atoms with Gasteiger partial charge in [0.2, 0.25) is 0 Å². The third-order valence-corrected chi connectivity index (χ3v) is 5.12. The molecule has 0 aromatic heterocycles. The fourth-order valence-electron chi connectivity index (χ4n) is 3.10. The van der Waals surface area contributed by atoms with Gasteiger partial charge in [-0.05, 0) is 17.7 Å². The summed E-state index contributed by atoms with van der Waals surface area (Å²) < 4.78 is 16.3. The lowest BCUT2D eigenvalue weighted by molar-refractivity contribution is -0.384. The lowest BCUT2D eigenvalue weighted by Gasteiger charge is -2.13. The third kappa shape index (κ3) is 6.28. The fraction of sp³-hybridized carbons (Fsp3) is 0.120. The zero-order chi connectivity index (χ0) is 25.4. The molecule has 3 aromatic rings. The van der Waals surface area contributed by atoms with Crippen molar-refractivity contribution in [1.82, 2.24) is 0 Å². The predicted molar refractivity (Wildman–Crippen MR) is 131 cm³/mol. The van der Waals surface area contributed by atoms with E-state index in [4.69, 9.17) is 25.8 Å².